The first kappa shape index (κ1) is 10.9. The molecular formula is C8H17O2P. The Labute approximate surface area is 68.8 Å². The normalized spacial score (nSPS) is 17.5. The van der Waals surface area contributed by atoms with Gasteiger partial charge in [-0.15, -0.1) is 0 Å². The molecule has 0 aromatic heterocycles. The minimum absolute atomic E-state index is 0.126. The van der Waals surface area contributed by atoms with Crippen molar-refractivity contribution in [3.05, 3.63) is 12.4 Å². The third-order valence-electron chi connectivity index (χ3n) is 1.47. The van der Waals surface area contributed by atoms with Crippen LogP contribution in [0.15, 0.2) is 12.4 Å². The third kappa shape index (κ3) is 6.33. The van der Waals surface area contributed by atoms with Gasteiger partial charge >= 0.3 is 0 Å². The summed E-state index contributed by atoms with van der Waals surface area (Å²) in [5, 5.41) is 0. The van der Waals surface area contributed by atoms with Crippen molar-refractivity contribution < 1.29 is 9.46 Å². The summed E-state index contributed by atoms with van der Waals surface area (Å²) in [6.07, 6.45) is 1.10. The minimum Gasteiger partial charge on any atom is -0.341 e. The second-order valence-corrected chi connectivity index (χ2v) is 6.30. The lowest BCUT2D eigenvalue weighted by molar-refractivity contribution is 0.388. The molecule has 0 bridgehead atoms. The molecule has 0 fully saturated rings. The van der Waals surface area contributed by atoms with Crippen molar-refractivity contribution in [2.45, 2.75) is 27.2 Å². The topological polar surface area (TPSA) is 37.3 Å². The van der Waals surface area contributed by atoms with E-state index in [2.05, 4.69) is 27.4 Å². The maximum Gasteiger partial charge on any atom is 0.222 e. The van der Waals surface area contributed by atoms with Gasteiger partial charge in [0.05, 0.1) is 0 Å². The monoisotopic (exact) mass is 176 g/mol. The molecule has 1 N–H and O–H groups in total. The zero-order valence-electron chi connectivity index (χ0n) is 7.50. The van der Waals surface area contributed by atoms with Gasteiger partial charge in [0, 0.05) is 6.16 Å². The van der Waals surface area contributed by atoms with Crippen LogP contribution in [0.5, 0.6) is 0 Å². The van der Waals surface area contributed by atoms with Crippen LogP contribution in [-0.4, -0.2) is 11.1 Å². The van der Waals surface area contributed by atoms with E-state index in [1.54, 1.807) is 0 Å². The van der Waals surface area contributed by atoms with Gasteiger partial charge in [0.15, 0.2) is 0 Å². The summed E-state index contributed by atoms with van der Waals surface area (Å²) < 4.78 is 11.1. The van der Waals surface area contributed by atoms with Gasteiger partial charge < -0.3 is 4.89 Å². The Bertz CT molecular complexity index is 179. The first-order chi connectivity index (χ1) is 4.77. The second-order valence-electron chi connectivity index (χ2n) is 3.97. The van der Waals surface area contributed by atoms with E-state index in [9.17, 15) is 4.57 Å². The lowest BCUT2D eigenvalue weighted by atomic mass is 9.94. The Balaban J connectivity index is 3.90. The molecule has 0 saturated heterocycles. The van der Waals surface area contributed by atoms with Crippen molar-refractivity contribution >= 4 is 7.37 Å². The minimum atomic E-state index is -3.01. The highest BCUT2D eigenvalue weighted by Gasteiger charge is 2.18. The average molecular weight is 176 g/mol. The average Bonchev–Trinajstić information content (AvgIpc) is 1.83. The number of hydrogen-bond donors (Lipinski definition) is 1. The van der Waals surface area contributed by atoms with Crippen LogP contribution in [0.2, 0.25) is 0 Å². The lowest BCUT2D eigenvalue weighted by Crippen LogP contribution is -2.07. The molecule has 0 aromatic rings. The molecule has 3 heteroatoms. The highest BCUT2D eigenvalue weighted by atomic mass is 31.2. The molecule has 0 aromatic carbocycles. The van der Waals surface area contributed by atoms with E-state index in [-0.39, 0.29) is 5.41 Å². The summed E-state index contributed by atoms with van der Waals surface area (Å²) >= 11 is 0. The Morgan fingerprint density at radius 1 is 1.55 bits per heavy atom. The van der Waals surface area contributed by atoms with Crippen molar-refractivity contribution in [2.24, 2.45) is 5.41 Å². The summed E-state index contributed by atoms with van der Waals surface area (Å²) in [4.78, 5) is 9.12. The van der Waals surface area contributed by atoms with Crippen molar-refractivity contribution in [1.82, 2.24) is 0 Å². The number of hydrogen-bond acceptors (Lipinski definition) is 1. The standard InChI is InChI=1S/C8H17O2P/c1-5-11(9,10)7-6-8(2,3)4/h5H,1,6-7H2,2-4H3,(H,9,10). The summed E-state index contributed by atoms with van der Waals surface area (Å²) in [5.41, 5.74) is 0.126. The fourth-order valence-corrected chi connectivity index (χ4v) is 1.76. The smallest absolute Gasteiger partial charge is 0.222 e. The van der Waals surface area contributed by atoms with Gasteiger partial charge in [0.1, 0.15) is 0 Å². The van der Waals surface area contributed by atoms with Crippen molar-refractivity contribution in [2.75, 3.05) is 6.16 Å². The lowest BCUT2D eigenvalue weighted by Gasteiger charge is -2.18. The molecule has 1 unspecified atom stereocenters. The zero-order chi connectivity index (χ0) is 9.12. The van der Waals surface area contributed by atoms with Crippen LogP contribution >= 0.6 is 7.37 Å². The molecule has 0 aliphatic carbocycles. The van der Waals surface area contributed by atoms with Crippen molar-refractivity contribution in [1.29, 1.82) is 0 Å². The van der Waals surface area contributed by atoms with Crippen LogP contribution in [0.3, 0.4) is 0 Å². The molecule has 0 radical (unpaired) electrons. The quantitative estimate of drug-likeness (QED) is 0.671. The van der Waals surface area contributed by atoms with Gasteiger partial charge in [-0.25, -0.2) is 0 Å². The highest BCUT2D eigenvalue weighted by molar-refractivity contribution is 7.61. The fraction of sp³-hybridized carbons (Fsp3) is 0.750. The van der Waals surface area contributed by atoms with E-state index in [4.69, 9.17) is 4.89 Å². The van der Waals surface area contributed by atoms with Crippen molar-refractivity contribution in [3.63, 3.8) is 0 Å². The van der Waals surface area contributed by atoms with E-state index in [1.807, 2.05) is 0 Å². The molecule has 0 rings (SSSR count). The molecule has 0 aliphatic heterocycles. The van der Waals surface area contributed by atoms with Gasteiger partial charge in [-0.2, -0.15) is 0 Å². The molecule has 0 amide bonds. The fourth-order valence-electron chi connectivity index (χ4n) is 0.587. The van der Waals surface area contributed by atoms with Gasteiger partial charge in [-0.1, -0.05) is 27.4 Å². The van der Waals surface area contributed by atoms with E-state index in [1.165, 1.54) is 5.82 Å². The molecule has 0 spiro atoms. The van der Waals surface area contributed by atoms with Crippen LogP contribution < -0.4 is 0 Å². The van der Waals surface area contributed by atoms with Gasteiger partial charge in [0.2, 0.25) is 7.37 Å². The molecule has 0 saturated carbocycles. The Morgan fingerprint density at radius 3 is 2.27 bits per heavy atom. The predicted molar refractivity (Wildman–Crippen MR) is 49.0 cm³/mol. The zero-order valence-corrected chi connectivity index (χ0v) is 8.40. The van der Waals surface area contributed by atoms with Crippen LogP contribution in [0.1, 0.15) is 27.2 Å². The second kappa shape index (κ2) is 3.55. The van der Waals surface area contributed by atoms with E-state index >= 15 is 0 Å². The summed E-state index contributed by atoms with van der Waals surface area (Å²) in [6, 6.07) is 0. The molecule has 2 nitrogen and oxygen atoms in total. The van der Waals surface area contributed by atoms with Crippen LogP contribution in [0.25, 0.3) is 0 Å². The van der Waals surface area contributed by atoms with Crippen LogP contribution in [-0.2, 0) is 4.57 Å². The van der Waals surface area contributed by atoms with Crippen LogP contribution in [0, 0.1) is 5.41 Å². The predicted octanol–water partition coefficient (Wildman–Crippen LogP) is 2.84. The number of rotatable bonds is 3. The Hall–Kier alpha value is -0.0700. The van der Waals surface area contributed by atoms with Gasteiger partial charge in [0.25, 0.3) is 0 Å². The molecule has 11 heavy (non-hydrogen) atoms. The maximum absolute atomic E-state index is 11.1. The largest absolute Gasteiger partial charge is 0.341 e. The SMILES string of the molecule is C=CP(=O)(O)CCC(C)(C)C. The first-order valence-electron chi connectivity index (χ1n) is 3.72. The van der Waals surface area contributed by atoms with Crippen molar-refractivity contribution in [3.8, 4) is 0 Å². The molecule has 0 heterocycles. The molecule has 0 aliphatic rings. The van der Waals surface area contributed by atoms with E-state index < -0.39 is 7.37 Å². The van der Waals surface area contributed by atoms with E-state index in [0.717, 1.165) is 6.42 Å². The molecule has 66 valence electrons. The maximum atomic E-state index is 11.1. The molecular weight excluding hydrogens is 159 g/mol. The van der Waals surface area contributed by atoms with E-state index in [0.29, 0.717) is 6.16 Å². The Morgan fingerprint density at radius 2 is 2.00 bits per heavy atom. The summed E-state index contributed by atoms with van der Waals surface area (Å²) in [5.74, 6) is 1.17. The van der Waals surface area contributed by atoms with Crippen LogP contribution in [0.4, 0.5) is 0 Å². The summed E-state index contributed by atoms with van der Waals surface area (Å²) in [7, 11) is -3.01. The van der Waals surface area contributed by atoms with Gasteiger partial charge in [-0.3, -0.25) is 4.57 Å². The third-order valence-corrected chi connectivity index (χ3v) is 2.90. The first-order valence-corrected chi connectivity index (χ1v) is 5.63. The van der Waals surface area contributed by atoms with Gasteiger partial charge in [-0.05, 0) is 17.7 Å². The molecule has 1 atom stereocenters. The Kier molecular flexibility index (Phi) is 3.53. The summed E-state index contributed by atoms with van der Waals surface area (Å²) in [6.45, 7) is 9.47. The highest BCUT2D eigenvalue weighted by Crippen LogP contribution is 2.44.